The van der Waals surface area contributed by atoms with Crippen LogP contribution >= 0.6 is 0 Å². The van der Waals surface area contributed by atoms with E-state index >= 15 is 0 Å². The summed E-state index contributed by atoms with van der Waals surface area (Å²) >= 11 is 0. The lowest BCUT2D eigenvalue weighted by atomic mass is 10.1. The van der Waals surface area contributed by atoms with Crippen LogP contribution in [0.2, 0.25) is 0 Å². The SMILES string of the molecule is CCN(CC)CCNC(=O)CCc1ccccc1O. The lowest BCUT2D eigenvalue weighted by Crippen LogP contribution is -2.34. The minimum absolute atomic E-state index is 0.0374. The summed E-state index contributed by atoms with van der Waals surface area (Å²) in [5.74, 6) is 0.300. The van der Waals surface area contributed by atoms with Gasteiger partial charge >= 0.3 is 0 Å². The molecule has 0 heterocycles. The van der Waals surface area contributed by atoms with Crippen molar-refractivity contribution in [2.75, 3.05) is 26.2 Å². The Kier molecular flexibility index (Phi) is 6.97. The highest BCUT2D eigenvalue weighted by atomic mass is 16.3. The van der Waals surface area contributed by atoms with Gasteiger partial charge in [-0.1, -0.05) is 32.0 Å². The second-order valence-electron chi connectivity index (χ2n) is 4.51. The summed E-state index contributed by atoms with van der Waals surface area (Å²) in [6, 6.07) is 7.14. The van der Waals surface area contributed by atoms with Crippen molar-refractivity contribution >= 4 is 5.91 Å². The molecule has 1 amide bonds. The van der Waals surface area contributed by atoms with Gasteiger partial charge in [0.25, 0.3) is 0 Å². The third kappa shape index (κ3) is 5.75. The molecule has 19 heavy (non-hydrogen) atoms. The predicted octanol–water partition coefficient (Wildman–Crippen LogP) is 1.78. The Morgan fingerprint density at radius 1 is 1.26 bits per heavy atom. The fourth-order valence-electron chi connectivity index (χ4n) is 1.95. The van der Waals surface area contributed by atoms with Crippen LogP contribution in [0, 0.1) is 0 Å². The summed E-state index contributed by atoms with van der Waals surface area (Å²) in [4.78, 5) is 13.9. The number of nitrogens with zero attached hydrogens (tertiary/aromatic N) is 1. The normalized spacial score (nSPS) is 10.7. The van der Waals surface area contributed by atoms with E-state index in [1.165, 1.54) is 0 Å². The number of hydrogen-bond donors (Lipinski definition) is 2. The molecule has 1 aromatic rings. The van der Waals surface area contributed by atoms with E-state index in [-0.39, 0.29) is 11.7 Å². The summed E-state index contributed by atoms with van der Waals surface area (Å²) in [7, 11) is 0. The highest BCUT2D eigenvalue weighted by molar-refractivity contribution is 5.76. The van der Waals surface area contributed by atoms with Crippen molar-refractivity contribution in [2.45, 2.75) is 26.7 Å². The zero-order valence-corrected chi connectivity index (χ0v) is 11.9. The third-order valence-corrected chi connectivity index (χ3v) is 3.26. The summed E-state index contributed by atoms with van der Waals surface area (Å²) in [6.45, 7) is 7.80. The fraction of sp³-hybridized carbons (Fsp3) is 0.533. The van der Waals surface area contributed by atoms with Crippen molar-refractivity contribution in [3.05, 3.63) is 29.8 Å². The number of rotatable bonds is 8. The van der Waals surface area contributed by atoms with E-state index in [2.05, 4.69) is 24.1 Å². The van der Waals surface area contributed by atoms with Gasteiger partial charge in [-0.2, -0.15) is 0 Å². The third-order valence-electron chi connectivity index (χ3n) is 3.26. The van der Waals surface area contributed by atoms with Crippen LogP contribution in [0.5, 0.6) is 5.75 Å². The molecule has 0 radical (unpaired) electrons. The topological polar surface area (TPSA) is 52.6 Å². The van der Waals surface area contributed by atoms with Crippen LogP contribution in [0.3, 0.4) is 0 Å². The molecule has 0 unspecified atom stereocenters. The van der Waals surface area contributed by atoms with Crippen molar-refractivity contribution in [1.82, 2.24) is 10.2 Å². The van der Waals surface area contributed by atoms with Gasteiger partial charge in [-0.05, 0) is 31.1 Å². The maximum Gasteiger partial charge on any atom is 0.220 e. The number of carbonyl (C=O) groups excluding carboxylic acids is 1. The lowest BCUT2D eigenvalue weighted by Gasteiger charge is -2.17. The Labute approximate surface area is 115 Å². The van der Waals surface area contributed by atoms with E-state index in [0.717, 1.165) is 25.2 Å². The standard InChI is InChI=1S/C15H24N2O2/c1-3-17(4-2)12-11-16-15(19)10-9-13-7-5-6-8-14(13)18/h5-8,18H,3-4,9-12H2,1-2H3,(H,16,19). The first-order valence-electron chi connectivity index (χ1n) is 6.93. The molecule has 106 valence electrons. The smallest absolute Gasteiger partial charge is 0.220 e. The van der Waals surface area contributed by atoms with Gasteiger partial charge in [0.2, 0.25) is 5.91 Å². The van der Waals surface area contributed by atoms with Gasteiger partial charge in [0, 0.05) is 19.5 Å². The molecule has 0 atom stereocenters. The summed E-state index contributed by atoms with van der Waals surface area (Å²) < 4.78 is 0. The van der Waals surface area contributed by atoms with Crippen LogP contribution in [0.25, 0.3) is 0 Å². The van der Waals surface area contributed by atoms with Crippen molar-refractivity contribution in [2.24, 2.45) is 0 Å². The van der Waals surface area contributed by atoms with Gasteiger partial charge in [-0.25, -0.2) is 0 Å². The maximum absolute atomic E-state index is 11.7. The van der Waals surface area contributed by atoms with Crippen molar-refractivity contribution in [1.29, 1.82) is 0 Å². The van der Waals surface area contributed by atoms with Gasteiger partial charge < -0.3 is 15.3 Å². The van der Waals surface area contributed by atoms with Crippen LogP contribution in [-0.4, -0.2) is 42.1 Å². The van der Waals surface area contributed by atoms with Crippen molar-refractivity contribution in [3.63, 3.8) is 0 Å². The summed E-state index contributed by atoms with van der Waals surface area (Å²) in [5, 5.41) is 12.5. The molecule has 4 nitrogen and oxygen atoms in total. The van der Waals surface area contributed by atoms with Crippen LogP contribution < -0.4 is 5.32 Å². The molecule has 0 aliphatic rings. The molecule has 0 saturated carbocycles. The molecule has 2 N–H and O–H groups in total. The second kappa shape index (κ2) is 8.53. The Morgan fingerprint density at radius 2 is 1.95 bits per heavy atom. The first kappa shape index (κ1) is 15.5. The van der Waals surface area contributed by atoms with E-state index in [9.17, 15) is 9.90 Å². The van der Waals surface area contributed by atoms with Crippen LogP contribution in [0.15, 0.2) is 24.3 Å². The van der Waals surface area contributed by atoms with Gasteiger partial charge in [0.1, 0.15) is 5.75 Å². The van der Waals surface area contributed by atoms with Crippen LogP contribution in [0.4, 0.5) is 0 Å². The fourth-order valence-corrected chi connectivity index (χ4v) is 1.95. The highest BCUT2D eigenvalue weighted by Crippen LogP contribution is 2.16. The number of para-hydroxylation sites is 1. The summed E-state index contributed by atoms with van der Waals surface area (Å²) in [6.07, 6.45) is 0.986. The Morgan fingerprint density at radius 3 is 2.58 bits per heavy atom. The largest absolute Gasteiger partial charge is 0.508 e. The monoisotopic (exact) mass is 264 g/mol. The number of benzene rings is 1. The van der Waals surface area contributed by atoms with Crippen LogP contribution in [0.1, 0.15) is 25.8 Å². The van der Waals surface area contributed by atoms with E-state index in [1.807, 2.05) is 12.1 Å². The zero-order valence-electron chi connectivity index (χ0n) is 11.9. The van der Waals surface area contributed by atoms with E-state index in [1.54, 1.807) is 12.1 Å². The van der Waals surface area contributed by atoms with Crippen molar-refractivity contribution < 1.29 is 9.90 Å². The molecule has 0 aromatic heterocycles. The lowest BCUT2D eigenvalue weighted by molar-refractivity contribution is -0.121. The quantitative estimate of drug-likeness (QED) is 0.752. The molecule has 1 aromatic carbocycles. The van der Waals surface area contributed by atoms with Gasteiger partial charge in [-0.15, -0.1) is 0 Å². The molecular formula is C15H24N2O2. The number of phenols is 1. The number of nitrogens with one attached hydrogen (secondary N) is 1. The predicted molar refractivity (Wildman–Crippen MR) is 77.2 cm³/mol. The molecule has 0 fully saturated rings. The molecule has 0 saturated heterocycles. The number of carbonyl (C=O) groups is 1. The number of aromatic hydroxyl groups is 1. The number of phenolic OH excluding ortho intramolecular Hbond substituents is 1. The minimum Gasteiger partial charge on any atom is -0.508 e. The summed E-state index contributed by atoms with van der Waals surface area (Å²) in [5.41, 5.74) is 0.821. The number of hydrogen-bond acceptors (Lipinski definition) is 3. The van der Waals surface area contributed by atoms with E-state index in [0.29, 0.717) is 19.4 Å². The molecule has 0 aliphatic heterocycles. The molecule has 0 spiro atoms. The van der Waals surface area contributed by atoms with E-state index in [4.69, 9.17) is 0 Å². The second-order valence-corrected chi connectivity index (χ2v) is 4.51. The average Bonchev–Trinajstić information content (AvgIpc) is 2.43. The maximum atomic E-state index is 11.7. The molecule has 4 heteroatoms. The van der Waals surface area contributed by atoms with Gasteiger partial charge in [0.05, 0.1) is 0 Å². The van der Waals surface area contributed by atoms with Gasteiger partial charge in [0.15, 0.2) is 0 Å². The van der Waals surface area contributed by atoms with E-state index < -0.39 is 0 Å². The molecular weight excluding hydrogens is 240 g/mol. The molecule has 0 bridgehead atoms. The number of amides is 1. The van der Waals surface area contributed by atoms with Crippen LogP contribution in [-0.2, 0) is 11.2 Å². The number of likely N-dealkylation sites (N-methyl/N-ethyl adjacent to an activating group) is 1. The first-order chi connectivity index (χ1) is 9.17. The average molecular weight is 264 g/mol. The Hall–Kier alpha value is -1.55. The Bertz CT molecular complexity index is 389. The molecule has 1 rings (SSSR count). The zero-order chi connectivity index (χ0) is 14.1. The Balaban J connectivity index is 2.23. The minimum atomic E-state index is 0.0374. The van der Waals surface area contributed by atoms with Gasteiger partial charge in [-0.3, -0.25) is 4.79 Å². The number of aryl methyl sites for hydroxylation is 1. The molecule has 0 aliphatic carbocycles. The highest BCUT2D eigenvalue weighted by Gasteiger charge is 2.05. The first-order valence-corrected chi connectivity index (χ1v) is 6.93. The van der Waals surface area contributed by atoms with Crippen molar-refractivity contribution in [3.8, 4) is 5.75 Å².